The van der Waals surface area contributed by atoms with Crippen molar-refractivity contribution in [1.29, 1.82) is 0 Å². The number of hydrazone groups is 1. The van der Waals surface area contributed by atoms with Gasteiger partial charge in [0.05, 0.1) is 32.4 Å². The zero-order valence-electron chi connectivity index (χ0n) is 17.4. The number of nitrogens with one attached hydrogen (secondary N) is 1. The maximum absolute atomic E-state index is 13.4. The van der Waals surface area contributed by atoms with Crippen LogP contribution in [0.5, 0.6) is 0 Å². The van der Waals surface area contributed by atoms with E-state index in [1.165, 1.54) is 36.5 Å². The molecule has 0 unspecified atom stereocenters. The Labute approximate surface area is 214 Å². The fourth-order valence-corrected chi connectivity index (χ4v) is 4.98. The van der Waals surface area contributed by atoms with Crippen molar-refractivity contribution in [2.24, 2.45) is 5.10 Å². The summed E-state index contributed by atoms with van der Waals surface area (Å²) in [7, 11) is -4.44. The van der Waals surface area contributed by atoms with Crippen LogP contribution in [0.15, 0.2) is 76.7 Å². The van der Waals surface area contributed by atoms with E-state index >= 15 is 0 Å². The van der Waals surface area contributed by atoms with Crippen molar-refractivity contribution in [1.82, 2.24) is 5.43 Å². The number of anilines is 1. The molecule has 0 spiro atoms. The lowest BCUT2D eigenvalue weighted by molar-refractivity contribution is -0.137. The van der Waals surface area contributed by atoms with E-state index < -0.39 is 44.9 Å². The second-order valence-electron chi connectivity index (χ2n) is 6.95. The van der Waals surface area contributed by atoms with Gasteiger partial charge in [-0.3, -0.25) is 9.10 Å². The van der Waals surface area contributed by atoms with Crippen LogP contribution < -0.4 is 9.73 Å². The molecular weight excluding hydrogens is 550 g/mol. The molecule has 1 amide bonds. The molecule has 0 aliphatic carbocycles. The number of halogens is 6. The smallest absolute Gasteiger partial charge is 0.271 e. The number of sulfonamides is 1. The van der Waals surface area contributed by atoms with Gasteiger partial charge in [0.15, 0.2) is 0 Å². The van der Waals surface area contributed by atoms with Crippen LogP contribution in [0.25, 0.3) is 0 Å². The Balaban J connectivity index is 1.93. The molecule has 6 nitrogen and oxygen atoms in total. The van der Waals surface area contributed by atoms with Gasteiger partial charge in [-0.2, -0.15) is 18.3 Å². The Morgan fingerprint density at radius 3 is 2.29 bits per heavy atom. The quantitative estimate of drug-likeness (QED) is 0.282. The molecule has 35 heavy (non-hydrogen) atoms. The first-order chi connectivity index (χ1) is 16.4. The average molecular weight is 565 g/mol. The van der Waals surface area contributed by atoms with E-state index in [1.807, 2.05) is 0 Å². The van der Waals surface area contributed by atoms with Crippen molar-refractivity contribution in [2.45, 2.75) is 11.1 Å². The van der Waals surface area contributed by atoms with E-state index in [1.54, 1.807) is 18.2 Å². The Bertz CT molecular complexity index is 1370. The SMILES string of the molecule is O=C(CN(c1ccc(Cl)c(C(F)(F)F)c1)S(=O)(=O)c1ccccc1)N/N=C\c1ccc(Cl)cc1Cl. The summed E-state index contributed by atoms with van der Waals surface area (Å²) >= 11 is 17.5. The third kappa shape index (κ3) is 6.66. The third-order valence-corrected chi connectivity index (χ3v) is 7.20. The van der Waals surface area contributed by atoms with Crippen LogP contribution in [0, 0.1) is 0 Å². The van der Waals surface area contributed by atoms with Gasteiger partial charge in [0, 0.05) is 10.6 Å². The minimum Gasteiger partial charge on any atom is -0.271 e. The number of carbonyl (C=O) groups excluding carboxylic acids is 1. The molecule has 0 saturated carbocycles. The molecule has 0 atom stereocenters. The first-order valence-corrected chi connectivity index (χ1v) is 12.2. The van der Waals surface area contributed by atoms with Gasteiger partial charge in [-0.15, -0.1) is 0 Å². The van der Waals surface area contributed by atoms with Gasteiger partial charge >= 0.3 is 6.18 Å². The number of benzene rings is 3. The van der Waals surface area contributed by atoms with Gasteiger partial charge in [0.25, 0.3) is 15.9 Å². The number of amides is 1. The van der Waals surface area contributed by atoms with E-state index in [4.69, 9.17) is 34.8 Å². The lowest BCUT2D eigenvalue weighted by Crippen LogP contribution is -2.39. The van der Waals surface area contributed by atoms with Crippen molar-refractivity contribution in [3.8, 4) is 0 Å². The van der Waals surface area contributed by atoms with Gasteiger partial charge in [-0.25, -0.2) is 13.8 Å². The zero-order chi connectivity index (χ0) is 25.8. The number of nitrogens with zero attached hydrogens (tertiary/aromatic N) is 2. The highest BCUT2D eigenvalue weighted by Crippen LogP contribution is 2.38. The first-order valence-electron chi connectivity index (χ1n) is 9.61. The highest BCUT2D eigenvalue weighted by atomic mass is 35.5. The highest BCUT2D eigenvalue weighted by molar-refractivity contribution is 7.92. The molecule has 0 saturated heterocycles. The summed E-state index contributed by atoms with van der Waals surface area (Å²) in [4.78, 5) is 12.3. The van der Waals surface area contributed by atoms with Crippen LogP contribution in [-0.4, -0.2) is 27.1 Å². The third-order valence-electron chi connectivity index (χ3n) is 4.52. The summed E-state index contributed by atoms with van der Waals surface area (Å²) < 4.78 is 67.2. The molecular formula is C22H15Cl3F3N3O3S. The average Bonchev–Trinajstić information content (AvgIpc) is 2.79. The molecule has 1 N–H and O–H groups in total. The number of hydrogen-bond donors (Lipinski definition) is 1. The van der Waals surface area contributed by atoms with Gasteiger partial charge in [0.1, 0.15) is 6.54 Å². The minimum absolute atomic E-state index is 0.229. The molecule has 3 aromatic carbocycles. The largest absolute Gasteiger partial charge is 0.417 e. The van der Waals surface area contributed by atoms with Crippen LogP contribution in [0.1, 0.15) is 11.1 Å². The first kappa shape index (κ1) is 26.8. The Hall–Kier alpha value is -2.79. The van der Waals surface area contributed by atoms with Gasteiger partial charge in [-0.05, 0) is 42.5 Å². The second kappa shape index (κ2) is 10.9. The maximum atomic E-state index is 13.4. The van der Waals surface area contributed by atoms with E-state index in [0.717, 1.165) is 12.1 Å². The number of alkyl halides is 3. The van der Waals surface area contributed by atoms with Gasteiger partial charge < -0.3 is 0 Å². The molecule has 0 aliphatic rings. The summed E-state index contributed by atoms with van der Waals surface area (Å²) in [5.41, 5.74) is 0.891. The van der Waals surface area contributed by atoms with Crippen molar-refractivity contribution in [3.63, 3.8) is 0 Å². The van der Waals surface area contributed by atoms with Crippen molar-refractivity contribution in [3.05, 3.63) is 92.9 Å². The number of carbonyl (C=O) groups is 1. The minimum atomic E-state index is -4.85. The van der Waals surface area contributed by atoms with Crippen LogP contribution in [0.4, 0.5) is 18.9 Å². The molecule has 184 valence electrons. The summed E-state index contributed by atoms with van der Waals surface area (Å²) in [6.07, 6.45) is -3.64. The summed E-state index contributed by atoms with van der Waals surface area (Å²) in [6.45, 7) is -0.873. The van der Waals surface area contributed by atoms with E-state index in [2.05, 4.69) is 10.5 Å². The van der Waals surface area contributed by atoms with Crippen molar-refractivity contribution in [2.75, 3.05) is 10.8 Å². The molecule has 0 bridgehead atoms. The van der Waals surface area contributed by atoms with Crippen LogP contribution in [0.3, 0.4) is 0 Å². The predicted molar refractivity (Wildman–Crippen MR) is 130 cm³/mol. The molecule has 0 fully saturated rings. The Morgan fingerprint density at radius 2 is 1.66 bits per heavy atom. The molecule has 0 heterocycles. The van der Waals surface area contributed by atoms with Gasteiger partial charge in [0.2, 0.25) is 0 Å². The molecule has 0 aromatic heterocycles. The lowest BCUT2D eigenvalue weighted by Gasteiger charge is -2.24. The molecule has 3 aromatic rings. The Morgan fingerprint density at radius 1 is 0.971 bits per heavy atom. The molecule has 3 rings (SSSR count). The van der Waals surface area contributed by atoms with E-state index in [9.17, 15) is 26.4 Å². The topological polar surface area (TPSA) is 78.8 Å². The summed E-state index contributed by atoms with van der Waals surface area (Å²) in [5, 5.41) is 3.75. The Kier molecular flexibility index (Phi) is 8.32. The molecule has 13 heteroatoms. The number of hydrogen-bond acceptors (Lipinski definition) is 4. The number of rotatable bonds is 7. The van der Waals surface area contributed by atoms with Crippen molar-refractivity contribution >= 4 is 62.6 Å². The van der Waals surface area contributed by atoms with E-state index in [-0.39, 0.29) is 9.92 Å². The van der Waals surface area contributed by atoms with Gasteiger partial charge in [-0.1, -0.05) is 59.1 Å². The van der Waals surface area contributed by atoms with Crippen molar-refractivity contribution < 1.29 is 26.4 Å². The van der Waals surface area contributed by atoms with Crippen LogP contribution >= 0.6 is 34.8 Å². The fraction of sp³-hybridized carbons (Fsp3) is 0.0909. The zero-order valence-corrected chi connectivity index (χ0v) is 20.5. The highest BCUT2D eigenvalue weighted by Gasteiger charge is 2.35. The summed E-state index contributed by atoms with van der Waals surface area (Å²) in [5.74, 6) is -0.922. The lowest BCUT2D eigenvalue weighted by atomic mass is 10.2. The fourth-order valence-electron chi connectivity index (χ4n) is 2.87. The van der Waals surface area contributed by atoms with Crippen LogP contribution in [0.2, 0.25) is 15.1 Å². The summed E-state index contributed by atoms with van der Waals surface area (Å²) in [6, 6.07) is 14.0. The molecule has 0 radical (unpaired) electrons. The second-order valence-corrected chi connectivity index (χ2v) is 10.1. The molecule has 0 aliphatic heterocycles. The van der Waals surface area contributed by atoms with Crippen LogP contribution in [-0.2, 0) is 21.0 Å². The predicted octanol–water partition coefficient (Wildman–Crippen LogP) is 6.01. The van der Waals surface area contributed by atoms with E-state index in [0.29, 0.717) is 21.0 Å². The normalized spacial score (nSPS) is 12.1. The monoisotopic (exact) mass is 563 g/mol. The maximum Gasteiger partial charge on any atom is 0.417 e. The standard InChI is InChI=1S/C22H15Cl3F3N3O3S/c23-15-7-6-14(20(25)10-15)12-29-30-21(32)13-31(35(33,34)17-4-2-1-3-5-17)16-8-9-19(24)18(11-16)22(26,27)28/h1-12H,13H2,(H,30,32)/b29-12-.